The molecule has 2 atom stereocenters. The van der Waals surface area contributed by atoms with Crippen LogP contribution in [0, 0.1) is 0 Å². The maximum atomic E-state index is 11.4. The Bertz CT molecular complexity index is 334. The van der Waals surface area contributed by atoms with Crippen LogP contribution in [0.15, 0.2) is 5.11 Å². The molecule has 1 rings (SSSR count). The van der Waals surface area contributed by atoms with Crippen molar-refractivity contribution in [1.82, 2.24) is 5.32 Å². The van der Waals surface area contributed by atoms with Crippen molar-refractivity contribution in [3.05, 3.63) is 10.4 Å². The fourth-order valence-electron chi connectivity index (χ4n) is 1.70. The molecule has 18 heavy (non-hydrogen) atoms. The number of carbonyl (C=O) groups is 1. The zero-order valence-corrected chi connectivity index (χ0v) is 11.0. The molecule has 2 unspecified atom stereocenters. The van der Waals surface area contributed by atoms with Crippen molar-refractivity contribution in [2.75, 3.05) is 13.1 Å². The van der Waals surface area contributed by atoms with Crippen LogP contribution in [0.3, 0.4) is 0 Å². The second-order valence-corrected chi connectivity index (χ2v) is 5.25. The molecular formula is C11H20N4O3. The molecule has 0 radical (unpaired) electrons. The molecule has 1 aliphatic rings. The molecule has 0 saturated carbocycles. The molecular weight excluding hydrogens is 236 g/mol. The number of alkyl carbamates (subject to hydrolysis) is 1. The lowest BCUT2D eigenvalue weighted by Gasteiger charge is -2.20. The Kier molecular flexibility index (Phi) is 5.25. The van der Waals surface area contributed by atoms with Crippen LogP contribution in [0.1, 0.15) is 33.6 Å². The highest BCUT2D eigenvalue weighted by atomic mass is 16.6. The van der Waals surface area contributed by atoms with Gasteiger partial charge in [0.05, 0.1) is 18.8 Å². The van der Waals surface area contributed by atoms with Crippen molar-refractivity contribution in [2.24, 2.45) is 5.11 Å². The van der Waals surface area contributed by atoms with Gasteiger partial charge >= 0.3 is 6.09 Å². The number of rotatable bonds is 4. The number of nitrogens with zero attached hydrogens (tertiary/aromatic N) is 3. The lowest BCUT2D eigenvalue weighted by atomic mass is 10.2. The van der Waals surface area contributed by atoms with Crippen molar-refractivity contribution in [3.8, 4) is 0 Å². The van der Waals surface area contributed by atoms with E-state index < -0.39 is 11.7 Å². The van der Waals surface area contributed by atoms with Gasteiger partial charge < -0.3 is 14.8 Å². The SMILES string of the molecule is CC(C)(C)OC(=O)NCC1CCC(CN=[N+]=[N-])O1. The van der Waals surface area contributed by atoms with Crippen LogP contribution in [0.2, 0.25) is 0 Å². The molecule has 0 bridgehead atoms. The smallest absolute Gasteiger partial charge is 0.407 e. The van der Waals surface area contributed by atoms with E-state index in [1.165, 1.54) is 0 Å². The first kappa shape index (κ1) is 14.6. The summed E-state index contributed by atoms with van der Waals surface area (Å²) in [6, 6.07) is 0. The first-order chi connectivity index (χ1) is 8.40. The third-order valence-electron chi connectivity index (χ3n) is 2.42. The average molecular weight is 256 g/mol. The zero-order chi connectivity index (χ0) is 13.6. The van der Waals surface area contributed by atoms with E-state index in [0.717, 1.165) is 12.8 Å². The summed E-state index contributed by atoms with van der Waals surface area (Å²) in [5.41, 5.74) is 7.71. The Balaban J connectivity index is 2.21. The van der Waals surface area contributed by atoms with Gasteiger partial charge in [0, 0.05) is 11.5 Å². The van der Waals surface area contributed by atoms with Gasteiger partial charge in [-0.1, -0.05) is 5.11 Å². The molecule has 1 aliphatic heterocycles. The summed E-state index contributed by atoms with van der Waals surface area (Å²) >= 11 is 0. The van der Waals surface area contributed by atoms with Gasteiger partial charge in [-0.05, 0) is 39.1 Å². The van der Waals surface area contributed by atoms with Gasteiger partial charge in [-0.25, -0.2) is 4.79 Å². The van der Waals surface area contributed by atoms with E-state index in [9.17, 15) is 4.79 Å². The van der Waals surface area contributed by atoms with E-state index >= 15 is 0 Å². The minimum Gasteiger partial charge on any atom is -0.444 e. The maximum Gasteiger partial charge on any atom is 0.407 e. The molecule has 0 aromatic carbocycles. The van der Waals surface area contributed by atoms with Gasteiger partial charge in [0.25, 0.3) is 0 Å². The van der Waals surface area contributed by atoms with E-state index in [1.54, 1.807) is 0 Å². The number of azide groups is 1. The largest absolute Gasteiger partial charge is 0.444 e. The van der Waals surface area contributed by atoms with Crippen LogP contribution < -0.4 is 5.32 Å². The predicted octanol–water partition coefficient (Wildman–Crippen LogP) is 2.37. The average Bonchev–Trinajstić information content (AvgIpc) is 2.69. The first-order valence-corrected chi connectivity index (χ1v) is 6.04. The minimum atomic E-state index is -0.495. The first-order valence-electron chi connectivity index (χ1n) is 6.04. The number of hydrogen-bond acceptors (Lipinski definition) is 4. The molecule has 1 heterocycles. The second kappa shape index (κ2) is 6.47. The molecule has 0 aliphatic carbocycles. The van der Waals surface area contributed by atoms with E-state index in [4.69, 9.17) is 15.0 Å². The summed E-state index contributed by atoms with van der Waals surface area (Å²) in [7, 11) is 0. The lowest BCUT2D eigenvalue weighted by Crippen LogP contribution is -2.37. The van der Waals surface area contributed by atoms with Gasteiger partial charge in [0.2, 0.25) is 0 Å². The molecule has 1 amide bonds. The maximum absolute atomic E-state index is 11.4. The van der Waals surface area contributed by atoms with Crippen molar-refractivity contribution >= 4 is 6.09 Å². The van der Waals surface area contributed by atoms with E-state index in [1.807, 2.05) is 20.8 Å². The number of hydrogen-bond donors (Lipinski definition) is 1. The summed E-state index contributed by atoms with van der Waals surface area (Å²) < 4.78 is 10.7. The Hall–Kier alpha value is -1.46. The Morgan fingerprint density at radius 3 is 2.78 bits per heavy atom. The van der Waals surface area contributed by atoms with E-state index in [2.05, 4.69) is 15.3 Å². The number of ether oxygens (including phenoxy) is 2. The number of nitrogens with one attached hydrogen (secondary N) is 1. The van der Waals surface area contributed by atoms with Crippen LogP contribution in [0.5, 0.6) is 0 Å². The molecule has 7 nitrogen and oxygen atoms in total. The van der Waals surface area contributed by atoms with E-state index in [0.29, 0.717) is 13.1 Å². The van der Waals surface area contributed by atoms with Crippen LogP contribution in [0.25, 0.3) is 10.4 Å². The van der Waals surface area contributed by atoms with Gasteiger partial charge in [-0.3, -0.25) is 0 Å². The number of carbonyl (C=O) groups excluding carboxylic acids is 1. The van der Waals surface area contributed by atoms with Crippen molar-refractivity contribution in [3.63, 3.8) is 0 Å². The Morgan fingerprint density at radius 1 is 1.50 bits per heavy atom. The standard InChI is InChI=1S/C11H20N4O3/c1-11(2,3)18-10(16)13-6-8-4-5-9(17-8)7-14-15-12/h8-9H,4-7H2,1-3H3,(H,13,16). The molecule has 0 aromatic heterocycles. The predicted molar refractivity (Wildman–Crippen MR) is 66.1 cm³/mol. The Labute approximate surface area is 106 Å². The van der Waals surface area contributed by atoms with Crippen LogP contribution in [-0.4, -0.2) is 37.0 Å². The molecule has 1 fully saturated rings. The zero-order valence-electron chi connectivity index (χ0n) is 11.0. The molecule has 1 saturated heterocycles. The van der Waals surface area contributed by atoms with Crippen LogP contribution in [0.4, 0.5) is 4.79 Å². The highest BCUT2D eigenvalue weighted by molar-refractivity contribution is 5.67. The summed E-state index contributed by atoms with van der Waals surface area (Å²) in [5.74, 6) is 0. The molecule has 0 spiro atoms. The lowest BCUT2D eigenvalue weighted by molar-refractivity contribution is 0.0346. The van der Waals surface area contributed by atoms with Crippen molar-refractivity contribution < 1.29 is 14.3 Å². The van der Waals surface area contributed by atoms with Crippen LogP contribution >= 0.6 is 0 Å². The van der Waals surface area contributed by atoms with Gasteiger partial charge in [0.1, 0.15) is 5.60 Å². The summed E-state index contributed by atoms with van der Waals surface area (Å²) in [6.07, 6.45) is 1.19. The fourth-order valence-corrected chi connectivity index (χ4v) is 1.70. The van der Waals surface area contributed by atoms with Crippen molar-refractivity contribution in [1.29, 1.82) is 0 Å². The van der Waals surface area contributed by atoms with Gasteiger partial charge in [-0.15, -0.1) is 0 Å². The monoisotopic (exact) mass is 256 g/mol. The topological polar surface area (TPSA) is 96.3 Å². The second-order valence-electron chi connectivity index (χ2n) is 5.25. The molecule has 102 valence electrons. The third-order valence-corrected chi connectivity index (χ3v) is 2.42. The Morgan fingerprint density at radius 2 is 2.17 bits per heavy atom. The molecule has 7 heteroatoms. The summed E-state index contributed by atoms with van der Waals surface area (Å²) in [4.78, 5) is 14.1. The van der Waals surface area contributed by atoms with Gasteiger partial charge in [0.15, 0.2) is 0 Å². The fraction of sp³-hybridized carbons (Fsp3) is 0.909. The number of amides is 1. The third kappa shape index (κ3) is 5.75. The van der Waals surface area contributed by atoms with Crippen LogP contribution in [-0.2, 0) is 9.47 Å². The summed E-state index contributed by atoms with van der Waals surface area (Å²) in [5, 5.41) is 6.14. The summed E-state index contributed by atoms with van der Waals surface area (Å²) in [6.45, 7) is 6.21. The quantitative estimate of drug-likeness (QED) is 0.475. The normalized spacial score (nSPS) is 23.3. The minimum absolute atomic E-state index is 0.0311. The molecule has 1 N–H and O–H groups in total. The highest BCUT2D eigenvalue weighted by Gasteiger charge is 2.25. The van der Waals surface area contributed by atoms with Gasteiger partial charge in [-0.2, -0.15) is 0 Å². The highest BCUT2D eigenvalue weighted by Crippen LogP contribution is 2.19. The van der Waals surface area contributed by atoms with Crippen molar-refractivity contribution in [2.45, 2.75) is 51.4 Å². The van der Waals surface area contributed by atoms with E-state index in [-0.39, 0.29) is 12.2 Å². The molecule has 0 aromatic rings.